The summed E-state index contributed by atoms with van der Waals surface area (Å²) in [7, 11) is 0. The third-order valence-electron chi connectivity index (χ3n) is 3.81. The Kier molecular flexibility index (Phi) is 3.85. The lowest BCUT2D eigenvalue weighted by Crippen LogP contribution is -2.61. The minimum atomic E-state index is 0.261. The zero-order valence-corrected chi connectivity index (χ0v) is 12.1. The molecule has 3 nitrogen and oxygen atoms in total. The average Bonchev–Trinajstić information content (AvgIpc) is 2.70. The minimum Gasteiger partial charge on any atom is -0.309 e. The van der Waals surface area contributed by atoms with E-state index >= 15 is 0 Å². The lowest BCUT2D eigenvalue weighted by molar-refractivity contribution is 0.0856. The highest BCUT2D eigenvalue weighted by Gasteiger charge is 2.32. The third-order valence-corrected chi connectivity index (χ3v) is 4.63. The summed E-state index contributed by atoms with van der Waals surface area (Å²) in [5.74, 6) is 0. The monoisotopic (exact) mass is 253 g/mol. The number of hydrogen-bond donors (Lipinski definition) is 1. The molecule has 17 heavy (non-hydrogen) atoms. The number of rotatable bonds is 3. The van der Waals surface area contributed by atoms with Crippen LogP contribution in [0.3, 0.4) is 0 Å². The van der Waals surface area contributed by atoms with Gasteiger partial charge in [-0.15, -0.1) is 11.3 Å². The van der Waals surface area contributed by atoms with Crippen molar-refractivity contribution in [2.45, 2.75) is 52.2 Å². The second kappa shape index (κ2) is 5.04. The number of nitrogens with one attached hydrogen (secondary N) is 1. The number of aromatic nitrogens is 1. The molecule has 0 radical (unpaired) electrons. The zero-order valence-electron chi connectivity index (χ0n) is 11.3. The van der Waals surface area contributed by atoms with Gasteiger partial charge in [-0.25, -0.2) is 4.98 Å². The number of thiazole rings is 1. The Balaban J connectivity index is 2.03. The van der Waals surface area contributed by atoms with Gasteiger partial charge < -0.3 is 5.32 Å². The van der Waals surface area contributed by atoms with Crippen LogP contribution in [0.5, 0.6) is 0 Å². The van der Waals surface area contributed by atoms with Crippen molar-refractivity contribution < 1.29 is 0 Å². The van der Waals surface area contributed by atoms with E-state index in [1.165, 1.54) is 17.1 Å². The lowest BCUT2D eigenvalue weighted by atomic mass is 9.94. The van der Waals surface area contributed by atoms with Crippen molar-refractivity contribution in [3.63, 3.8) is 0 Å². The normalized spacial score (nSPS) is 30.7. The predicted molar refractivity (Wildman–Crippen MR) is 73.4 cm³/mol. The van der Waals surface area contributed by atoms with Crippen molar-refractivity contribution in [2.24, 2.45) is 0 Å². The highest BCUT2D eigenvalue weighted by molar-refractivity contribution is 7.09. The van der Waals surface area contributed by atoms with E-state index in [2.05, 4.69) is 48.3 Å². The van der Waals surface area contributed by atoms with Gasteiger partial charge in [0.25, 0.3) is 0 Å². The van der Waals surface area contributed by atoms with E-state index in [-0.39, 0.29) is 5.54 Å². The van der Waals surface area contributed by atoms with Gasteiger partial charge in [-0.1, -0.05) is 6.92 Å². The molecule has 1 N–H and O–H groups in total. The van der Waals surface area contributed by atoms with Crippen LogP contribution in [0.25, 0.3) is 0 Å². The molecule has 1 aromatic rings. The molecule has 1 fully saturated rings. The average molecular weight is 253 g/mol. The zero-order chi connectivity index (χ0) is 12.5. The lowest BCUT2D eigenvalue weighted by Gasteiger charge is -2.44. The summed E-state index contributed by atoms with van der Waals surface area (Å²) in [4.78, 5) is 7.12. The summed E-state index contributed by atoms with van der Waals surface area (Å²) in [5.41, 5.74) is 1.48. The molecule has 96 valence electrons. The molecular formula is C13H23N3S. The van der Waals surface area contributed by atoms with E-state index in [1.807, 2.05) is 0 Å². The number of hydrogen-bond acceptors (Lipinski definition) is 4. The van der Waals surface area contributed by atoms with Crippen molar-refractivity contribution in [2.75, 3.05) is 13.1 Å². The van der Waals surface area contributed by atoms with Crippen molar-refractivity contribution in [3.05, 3.63) is 16.1 Å². The largest absolute Gasteiger partial charge is 0.309 e. The van der Waals surface area contributed by atoms with E-state index in [0.717, 1.165) is 19.6 Å². The summed E-state index contributed by atoms with van der Waals surface area (Å²) in [6.07, 6.45) is 1.17. The van der Waals surface area contributed by atoms with E-state index < -0.39 is 0 Å². The first-order valence-electron chi connectivity index (χ1n) is 6.42. The maximum Gasteiger partial charge on any atom is 0.0897 e. The molecule has 1 aliphatic heterocycles. The topological polar surface area (TPSA) is 28.2 Å². The number of piperazine rings is 1. The quantitative estimate of drug-likeness (QED) is 0.896. The first kappa shape index (κ1) is 13.0. The SMILES string of the molecule is CCC1(C)CN(Cc2csc(C)n2)C(C)CN1. The van der Waals surface area contributed by atoms with Gasteiger partial charge in [0.2, 0.25) is 0 Å². The maximum absolute atomic E-state index is 4.57. The Morgan fingerprint density at radius 1 is 1.65 bits per heavy atom. The Morgan fingerprint density at radius 2 is 2.41 bits per heavy atom. The second-order valence-corrected chi connectivity index (χ2v) is 6.47. The molecule has 4 heteroatoms. The number of nitrogens with zero attached hydrogens (tertiary/aromatic N) is 2. The molecular weight excluding hydrogens is 230 g/mol. The van der Waals surface area contributed by atoms with Crippen LogP contribution in [-0.2, 0) is 6.54 Å². The first-order valence-corrected chi connectivity index (χ1v) is 7.30. The Morgan fingerprint density at radius 3 is 3.00 bits per heavy atom. The van der Waals surface area contributed by atoms with Crippen molar-refractivity contribution in [1.29, 1.82) is 0 Å². The fourth-order valence-corrected chi connectivity index (χ4v) is 2.92. The van der Waals surface area contributed by atoms with Gasteiger partial charge >= 0.3 is 0 Å². The fourth-order valence-electron chi connectivity index (χ4n) is 2.32. The van der Waals surface area contributed by atoms with Gasteiger partial charge in [-0.3, -0.25) is 4.90 Å². The van der Waals surface area contributed by atoms with Gasteiger partial charge in [-0.2, -0.15) is 0 Å². The summed E-state index contributed by atoms with van der Waals surface area (Å²) in [6.45, 7) is 12.1. The van der Waals surface area contributed by atoms with E-state index in [9.17, 15) is 0 Å². The van der Waals surface area contributed by atoms with E-state index in [4.69, 9.17) is 0 Å². The van der Waals surface area contributed by atoms with Crippen LogP contribution in [0.4, 0.5) is 0 Å². The van der Waals surface area contributed by atoms with Crippen LogP contribution in [-0.4, -0.2) is 34.6 Å². The summed E-state index contributed by atoms with van der Waals surface area (Å²) >= 11 is 1.75. The van der Waals surface area contributed by atoms with Crippen LogP contribution < -0.4 is 5.32 Å². The van der Waals surface area contributed by atoms with Crippen molar-refractivity contribution >= 4 is 11.3 Å². The Hall–Kier alpha value is -0.450. The fraction of sp³-hybridized carbons (Fsp3) is 0.769. The van der Waals surface area contributed by atoms with Gasteiger partial charge in [0, 0.05) is 36.6 Å². The molecule has 0 saturated carbocycles. The smallest absolute Gasteiger partial charge is 0.0897 e. The maximum atomic E-state index is 4.57. The second-order valence-electron chi connectivity index (χ2n) is 5.41. The van der Waals surface area contributed by atoms with E-state index in [0.29, 0.717) is 6.04 Å². The Bertz CT molecular complexity index is 376. The molecule has 0 aromatic carbocycles. The minimum absolute atomic E-state index is 0.261. The molecule has 2 heterocycles. The number of aryl methyl sites for hydroxylation is 1. The van der Waals surface area contributed by atoms with Crippen LogP contribution >= 0.6 is 11.3 Å². The molecule has 1 aliphatic rings. The standard InChI is InChI=1S/C13H23N3S/c1-5-13(4)9-16(10(2)6-14-13)7-12-8-17-11(3)15-12/h8,10,14H,5-7,9H2,1-4H3. The van der Waals surface area contributed by atoms with Gasteiger partial charge in [-0.05, 0) is 27.2 Å². The molecule has 1 aromatic heterocycles. The molecule has 0 spiro atoms. The van der Waals surface area contributed by atoms with Crippen molar-refractivity contribution in [1.82, 2.24) is 15.2 Å². The Labute approximate surface area is 108 Å². The van der Waals surface area contributed by atoms with Crippen LogP contribution in [0, 0.1) is 6.92 Å². The summed E-state index contributed by atoms with van der Waals surface area (Å²) < 4.78 is 0. The van der Waals surface area contributed by atoms with Crippen LogP contribution in [0.2, 0.25) is 0 Å². The van der Waals surface area contributed by atoms with Crippen molar-refractivity contribution in [3.8, 4) is 0 Å². The molecule has 2 atom stereocenters. The molecule has 2 unspecified atom stereocenters. The molecule has 0 bridgehead atoms. The summed E-state index contributed by atoms with van der Waals surface area (Å²) in [5, 5.41) is 7.01. The van der Waals surface area contributed by atoms with Gasteiger partial charge in [0.05, 0.1) is 10.7 Å². The predicted octanol–water partition coefficient (Wildman–Crippen LogP) is 2.41. The van der Waals surface area contributed by atoms with Gasteiger partial charge in [0.1, 0.15) is 0 Å². The summed E-state index contributed by atoms with van der Waals surface area (Å²) in [6, 6.07) is 0.594. The van der Waals surface area contributed by atoms with Gasteiger partial charge in [0.15, 0.2) is 0 Å². The first-order chi connectivity index (χ1) is 8.02. The highest BCUT2D eigenvalue weighted by Crippen LogP contribution is 2.21. The van der Waals surface area contributed by atoms with Crippen LogP contribution in [0.1, 0.15) is 37.9 Å². The molecule has 1 saturated heterocycles. The van der Waals surface area contributed by atoms with Crippen LogP contribution in [0.15, 0.2) is 5.38 Å². The highest BCUT2D eigenvalue weighted by atomic mass is 32.1. The van der Waals surface area contributed by atoms with E-state index in [1.54, 1.807) is 11.3 Å². The molecule has 0 aliphatic carbocycles. The molecule has 2 rings (SSSR count). The molecule has 0 amide bonds. The third kappa shape index (κ3) is 3.06.